The van der Waals surface area contributed by atoms with Gasteiger partial charge in [0, 0.05) is 28.2 Å². The molecule has 2 aliphatic rings. The maximum atomic E-state index is 12.7. The number of halogens is 6. The molecule has 0 aliphatic carbocycles. The normalized spacial score (nSPS) is 16.6. The zero-order chi connectivity index (χ0) is 32.6. The van der Waals surface area contributed by atoms with Gasteiger partial charge in [-0.25, -0.2) is 9.97 Å². The Morgan fingerprint density at radius 3 is 1.96 bits per heavy atom. The number of ether oxygens (including phenoxy) is 4. The second kappa shape index (κ2) is 12.0. The van der Waals surface area contributed by atoms with Crippen LogP contribution in [0.5, 0.6) is 23.3 Å². The molecule has 46 heavy (non-hydrogen) atoms. The lowest BCUT2D eigenvalue weighted by Gasteiger charge is -2.31. The van der Waals surface area contributed by atoms with Crippen LogP contribution in [0.1, 0.15) is 47.6 Å². The van der Waals surface area contributed by atoms with Gasteiger partial charge in [0.2, 0.25) is 17.6 Å². The van der Waals surface area contributed by atoms with Gasteiger partial charge in [-0.3, -0.25) is 0 Å². The molecule has 16 heteroatoms. The second-order valence-electron chi connectivity index (χ2n) is 10.3. The number of hydrogen-bond donors (Lipinski definition) is 1. The van der Waals surface area contributed by atoms with E-state index in [0.717, 1.165) is 12.1 Å². The summed E-state index contributed by atoms with van der Waals surface area (Å²) in [5.41, 5.74) is 9.38. The van der Waals surface area contributed by atoms with Gasteiger partial charge < -0.3 is 24.7 Å². The van der Waals surface area contributed by atoms with Crippen LogP contribution in [0.2, 0.25) is 0 Å². The van der Waals surface area contributed by atoms with E-state index in [9.17, 15) is 31.6 Å². The molecule has 0 bridgehead atoms. The summed E-state index contributed by atoms with van der Waals surface area (Å²) in [6.07, 6.45) is -8.16. The van der Waals surface area contributed by atoms with E-state index in [4.69, 9.17) is 20.2 Å². The molecule has 2 unspecified atom stereocenters. The Balaban J connectivity index is 1.40. The summed E-state index contributed by atoms with van der Waals surface area (Å²) in [5.74, 6) is -1.12. The Hall–Kier alpha value is -5.17. The third-order valence-corrected chi connectivity index (χ3v) is 7.30. The maximum absolute atomic E-state index is 12.7. The minimum atomic E-state index is -4.88. The van der Waals surface area contributed by atoms with Crippen LogP contribution in [-0.4, -0.2) is 45.9 Å². The summed E-state index contributed by atoms with van der Waals surface area (Å²) < 4.78 is 95.9. The summed E-state index contributed by atoms with van der Waals surface area (Å²) in [6.45, 7) is 0.555. The van der Waals surface area contributed by atoms with Crippen LogP contribution in [-0.2, 0) is 6.42 Å². The van der Waals surface area contributed by atoms with Gasteiger partial charge in [-0.15, -0.1) is 26.3 Å². The largest absolute Gasteiger partial charge is 0.573 e. The fraction of sp³-hybridized carbons (Fsp3) is 0.300. The van der Waals surface area contributed by atoms with E-state index >= 15 is 0 Å². The van der Waals surface area contributed by atoms with E-state index in [1.165, 1.54) is 36.4 Å². The van der Waals surface area contributed by atoms with Crippen molar-refractivity contribution in [2.45, 2.75) is 43.9 Å². The molecule has 0 saturated carbocycles. The van der Waals surface area contributed by atoms with Gasteiger partial charge in [0.15, 0.2) is 0 Å². The van der Waals surface area contributed by atoms with Crippen molar-refractivity contribution in [2.75, 3.05) is 13.2 Å². The van der Waals surface area contributed by atoms with E-state index in [2.05, 4.69) is 24.4 Å². The minimum absolute atomic E-state index is 0.0820. The van der Waals surface area contributed by atoms with Crippen LogP contribution in [0.15, 0.2) is 48.5 Å². The molecular formula is C30H22F6N6O4. The van der Waals surface area contributed by atoms with Gasteiger partial charge in [-0.2, -0.15) is 15.2 Å². The lowest BCUT2D eigenvalue weighted by atomic mass is 9.85. The first-order valence-electron chi connectivity index (χ1n) is 13.8. The molecule has 0 fully saturated rings. The van der Waals surface area contributed by atoms with E-state index in [0.29, 0.717) is 59.7 Å². The summed E-state index contributed by atoms with van der Waals surface area (Å²) in [4.78, 5) is 17.9. The monoisotopic (exact) mass is 644 g/mol. The Labute approximate surface area is 256 Å². The Morgan fingerprint density at radius 2 is 1.37 bits per heavy atom. The number of hydrogen-bond acceptors (Lipinski definition) is 10. The highest BCUT2D eigenvalue weighted by atomic mass is 19.4. The number of nitrogens with zero attached hydrogens (tertiary/aromatic N) is 5. The van der Waals surface area contributed by atoms with Crippen molar-refractivity contribution in [3.63, 3.8) is 0 Å². The van der Waals surface area contributed by atoms with Gasteiger partial charge in [0.25, 0.3) is 0 Å². The quantitative estimate of drug-likeness (QED) is 0.243. The fourth-order valence-electron chi connectivity index (χ4n) is 5.39. The lowest BCUT2D eigenvalue weighted by molar-refractivity contribution is -0.275. The number of alkyl halides is 6. The number of fused-ring (bicyclic) bond motifs is 2. The highest BCUT2D eigenvalue weighted by molar-refractivity contribution is 5.69. The van der Waals surface area contributed by atoms with E-state index in [-0.39, 0.29) is 29.8 Å². The van der Waals surface area contributed by atoms with E-state index < -0.39 is 36.2 Å². The molecule has 2 aliphatic heterocycles. The number of nitrogens with two attached hydrogens (primary N) is 1. The topological polar surface area (TPSA) is 138 Å². The van der Waals surface area contributed by atoms with Crippen molar-refractivity contribution in [1.82, 2.24) is 19.9 Å². The number of rotatable bonds is 6. The highest BCUT2D eigenvalue weighted by Crippen LogP contribution is 2.45. The molecule has 238 valence electrons. The first-order chi connectivity index (χ1) is 21.9. The highest BCUT2D eigenvalue weighted by Gasteiger charge is 2.36. The van der Waals surface area contributed by atoms with Gasteiger partial charge in [-0.05, 0) is 67.8 Å². The van der Waals surface area contributed by atoms with Gasteiger partial charge in [0.1, 0.15) is 23.4 Å². The molecule has 2 atom stereocenters. The first kappa shape index (κ1) is 30.8. The van der Waals surface area contributed by atoms with E-state index in [1.807, 2.05) is 6.07 Å². The number of aromatic nitrogens is 4. The molecule has 6 rings (SSSR count). The Kier molecular flexibility index (Phi) is 8.03. The summed E-state index contributed by atoms with van der Waals surface area (Å²) >= 11 is 0. The van der Waals surface area contributed by atoms with Crippen molar-refractivity contribution in [3.8, 4) is 51.8 Å². The molecule has 0 radical (unpaired) electrons. The second-order valence-corrected chi connectivity index (χ2v) is 10.3. The molecule has 4 aromatic rings. The van der Waals surface area contributed by atoms with Crippen LogP contribution in [0.3, 0.4) is 0 Å². The van der Waals surface area contributed by atoms with Crippen molar-refractivity contribution in [2.24, 2.45) is 5.73 Å². The average molecular weight is 645 g/mol. The molecule has 4 heterocycles. The van der Waals surface area contributed by atoms with Crippen LogP contribution in [0.25, 0.3) is 22.5 Å². The van der Waals surface area contributed by atoms with Gasteiger partial charge in [-0.1, -0.05) is 0 Å². The summed E-state index contributed by atoms with van der Waals surface area (Å²) in [6, 6.07) is 11.1. The molecule has 10 nitrogen and oxygen atoms in total. The smallest absolute Gasteiger partial charge is 0.477 e. The van der Waals surface area contributed by atoms with Crippen molar-refractivity contribution in [3.05, 3.63) is 71.3 Å². The lowest BCUT2D eigenvalue weighted by Crippen LogP contribution is -2.29. The molecule has 0 saturated heterocycles. The molecule has 0 spiro atoms. The molecule has 0 amide bonds. The van der Waals surface area contributed by atoms with Gasteiger partial charge in [0.05, 0.1) is 30.6 Å². The summed E-state index contributed by atoms with van der Waals surface area (Å²) in [5, 5.41) is 9.56. The fourth-order valence-corrected chi connectivity index (χ4v) is 5.39. The van der Waals surface area contributed by atoms with Crippen LogP contribution < -0.4 is 24.7 Å². The van der Waals surface area contributed by atoms with Crippen molar-refractivity contribution in [1.29, 1.82) is 5.26 Å². The van der Waals surface area contributed by atoms with Gasteiger partial charge >= 0.3 is 12.7 Å². The van der Waals surface area contributed by atoms with E-state index in [1.54, 1.807) is 0 Å². The molecule has 2 aromatic heterocycles. The molecule has 2 aromatic carbocycles. The average Bonchev–Trinajstić information content (AvgIpc) is 3.02. The third-order valence-electron chi connectivity index (χ3n) is 7.30. The van der Waals surface area contributed by atoms with Crippen LogP contribution in [0, 0.1) is 11.3 Å². The standard InChI is InChI=1S/C30H22F6N6O4/c31-29(32,33)45-17-7-3-15(4-8-17)24-20-2-1-12-43-27(20)42-26(41-24)23(38)19-11-13-44-28-22(19)25(39-21(14-37)40-28)16-5-9-18(10-6-16)46-30(34,35)36/h3-10,19,23H,1-2,11-13,38H2. The maximum Gasteiger partial charge on any atom is 0.573 e. The Bertz CT molecular complexity index is 1790. The summed E-state index contributed by atoms with van der Waals surface area (Å²) in [7, 11) is 0. The minimum Gasteiger partial charge on any atom is -0.477 e. The molecule has 2 N–H and O–H groups in total. The zero-order valence-electron chi connectivity index (χ0n) is 23.5. The number of benzene rings is 2. The number of nitriles is 1. The molecular weight excluding hydrogens is 622 g/mol. The Morgan fingerprint density at radius 1 is 0.783 bits per heavy atom. The third kappa shape index (κ3) is 6.59. The van der Waals surface area contributed by atoms with Crippen molar-refractivity contribution < 1.29 is 45.3 Å². The van der Waals surface area contributed by atoms with Crippen LogP contribution in [0.4, 0.5) is 26.3 Å². The van der Waals surface area contributed by atoms with Crippen molar-refractivity contribution >= 4 is 0 Å². The predicted octanol–water partition coefficient (Wildman–Crippen LogP) is 6.16. The predicted molar refractivity (Wildman–Crippen MR) is 147 cm³/mol. The zero-order valence-corrected chi connectivity index (χ0v) is 23.5. The van der Waals surface area contributed by atoms with Crippen LogP contribution >= 0.6 is 0 Å². The first-order valence-corrected chi connectivity index (χ1v) is 13.8. The SMILES string of the molecule is N#Cc1nc2c(c(-c3ccc(OC(F)(F)F)cc3)n1)C(C(N)c1nc3c(c(-c4ccc(OC(F)(F)F)cc4)n1)CCCO3)CCO2.